The molecule has 3 rings (SSSR count). The van der Waals surface area contributed by atoms with Crippen molar-refractivity contribution in [1.29, 1.82) is 0 Å². The molecule has 0 saturated carbocycles. The monoisotopic (exact) mass is 232 g/mol. The molecule has 0 spiro atoms. The van der Waals surface area contributed by atoms with Gasteiger partial charge in [-0.15, -0.1) is 0 Å². The zero-order valence-electron chi connectivity index (χ0n) is 10.1. The molecule has 1 fully saturated rings. The predicted molar refractivity (Wildman–Crippen MR) is 66.3 cm³/mol. The van der Waals surface area contributed by atoms with Crippen LogP contribution < -0.4 is 10.2 Å². The van der Waals surface area contributed by atoms with Crippen LogP contribution in [-0.2, 0) is 9.53 Å². The van der Waals surface area contributed by atoms with Gasteiger partial charge in [0, 0.05) is 7.05 Å². The lowest BCUT2D eigenvalue weighted by Gasteiger charge is -2.28. The van der Waals surface area contributed by atoms with E-state index < -0.39 is 0 Å². The number of carbonyl (C=O) groups excluding carboxylic acids is 1. The number of nitrogens with zero attached hydrogens (tertiary/aromatic N) is 1. The van der Waals surface area contributed by atoms with Gasteiger partial charge in [-0.2, -0.15) is 0 Å². The molecule has 0 bridgehead atoms. The zero-order chi connectivity index (χ0) is 12.0. The van der Waals surface area contributed by atoms with Gasteiger partial charge >= 0.3 is 0 Å². The lowest BCUT2D eigenvalue weighted by atomic mass is 10.0. The van der Waals surface area contributed by atoms with Gasteiger partial charge in [-0.25, -0.2) is 0 Å². The Hall–Kier alpha value is -1.55. The third kappa shape index (κ3) is 1.52. The maximum Gasteiger partial charge on any atom is 0.232 e. The summed E-state index contributed by atoms with van der Waals surface area (Å²) in [7, 11) is 2.04. The van der Waals surface area contributed by atoms with E-state index in [4.69, 9.17) is 4.74 Å². The molecule has 1 saturated heterocycles. The summed E-state index contributed by atoms with van der Waals surface area (Å²) in [5, 5.41) is 3.00. The first-order valence-electron chi connectivity index (χ1n) is 5.89. The van der Waals surface area contributed by atoms with Crippen LogP contribution in [0.4, 0.5) is 11.4 Å². The summed E-state index contributed by atoms with van der Waals surface area (Å²) in [6.45, 7) is 3.22. The van der Waals surface area contributed by atoms with Crippen LogP contribution in [0.2, 0.25) is 0 Å². The van der Waals surface area contributed by atoms with Crippen molar-refractivity contribution < 1.29 is 9.53 Å². The summed E-state index contributed by atoms with van der Waals surface area (Å²) in [6, 6.07) is 6.15. The lowest BCUT2D eigenvalue weighted by molar-refractivity contribution is -0.120. The average molecular weight is 232 g/mol. The van der Waals surface area contributed by atoms with E-state index in [1.807, 2.05) is 19.2 Å². The highest BCUT2D eigenvalue weighted by Gasteiger charge is 2.40. The number of benzene rings is 1. The molecule has 4 heteroatoms. The largest absolute Gasteiger partial charge is 0.378 e. The highest BCUT2D eigenvalue weighted by Crippen LogP contribution is 2.36. The Labute approximate surface area is 101 Å². The molecule has 1 aromatic carbocycles. The number of anilines is 2. The standard InChI is InChI=1S/C13H16N2O2/c1-8-4-3-5-10-12(8)15(2)11-7-17-6-9(11)13(16)14-10/h3-5,9,11H,6-7H2,1-2H3,(H,14,16). The molecular formula is C13H16N2O2. The average Bonchev–Trinajstić information content (AvgIpc) is 2.73. The number of rotatable bonds is 0. The predicted octanol–water partition coefficient (Wildman–Crippen LogP) is 1.40. The quantitative estimate of drug-likeness (QED) is 0.735. The highest BCUT2D eigenvalue weighted by atomic mass is 16.5. The van der Waals surface area contributed by atoms with Crippen molar-refractivity contribution in [2.24, 2.45) is 5.92 Å². The molecule has 90 valence electrons. The van der Waals surface area contributed by atoms with E-state index in [0.717, 1.165) is 11.4 Å². The topological polar surface area (TPSA) is 41.6 Å². The number of fused-ring (bicyclic) bond motifs is 2. The normalized spacial score (nSPS) is 27.2. The van der Waals surface area contributed by atoms with Crippen molar-refractivity contribution in [3.63, 3.8) is 0 Å². The number of aryl methyl sites for hydroxylation is 1. The Kier molecular flexibility index (Phi) is 2.33. The molecular weight excluding hydrogens is 216 g/mol. The smallest absolute Gasteiger partial charge is 0.232 e. The Bertz CT molecular complexity index is 472. The Balaban J connectivity index is 2.12. The van der Waals surface area contributed by atoms with Crippen LogP contribution in [0.1, 0.15) is 5.56 Å². The first-order chi connectivity index (χ1) is 8.18. The van der Waals surface area contributed by atoms with Crippen LogP contribution >= 0.6 is 0 Å². The van der Waals surface area contributed by atoms with Crippen LogP contribution in [0.15, 0.2) is 18.2 Å². The van der Waals surface area contributed by atoms with Gasteiger partial charge in [-0.3, -0.25) is 4.79 Å². The van der Waals surface area contributed by atoms with Crippen molar-refractivity contribution in [3.8, 4) is 0 Å². The second-order valence-corrected chi connectivity index (χ2v) is 4.78. The van der Waals surface area contributed by atoms with Gasteiger partial charge in [0.15, 0.2) is 0 Å². The lowest BCUT2D eigenvalue weighted by Crippen LogP contribution is -2.40. The highest BCUT2D eigenvalue weighted by molar-refractivity contribution is 5.99. The number of likely N-dealkylation sites (N-methyl/N-ethyl adjacent to an activating group) is 1. The molecule has 2 heterocycles. The molecule has 2 atom stereocenters. The Morgan fingerprint density at radius 1 is 1.41 bits per heavy atom. The van der Waals surface area contributed by atoms with Crippen molar-refractivity contribution in [3.05, 3.63) is 23.8 Å². The van der Waals surface area contributed by atoms with E-state index >= 15 is 0 Å². The number of hydrogen-bond acceptors (Lipinski definition) is 3. The summed E-state index contributed by atoms with van der Waals surface area (Å²) >= 11 is 0. The summed E-state index contributed by atoms with van der Waals surface area (Å²) in [5.41, 5.74) is 3.20. The molecule has 17 heavy (non-hydrogen) atoms. The molecule has 1 aromatic rings. The van der Waals surface area contributed by atoms with Gasteiger partial charge < -0.3 is 15.0 Å². The Morgan fingerprint density at radius 2 is 2.24 bits per heavy atom. The van der Waals surface area contributed by atoms with Gasteiger partial charge in [-0.05, 0) is 18.6 Å². The minimum absolute atomic E-state index is 0.0631. The third-order valence-electron chi connectivity index (χ3n) is 3.73. The van der Waals surface area contributed by atoms with Crippen LogP contribution in [0.5, 0.6) is 0 Å². The minimum atomic E-state index is -0.0631. The number of hydrogen-bond donors (Lipinski definition) is 1. The Morgan fingerprint density at radius 3 is 3.06 bits per heavy atom. The van der Waals surface area contributed by atoms with Crippen molar-refractivity contribution in [2.45, 2.75) is 13.0 Å². The maximum atomic E-state index is 12.1. The number of amides is 1. The summed E-state index contributed by atoms with van der Waals surface area (Å²) in [5.74, 6) is 0.00972. The van der Waals surface area contributed by atoms with Gasteiger partial charge in [0.25, 0.3) is 0 Å². The van der Waals surface area contributed by atoms with Crippen molar-refractivity contribution in [2.75, 3.05) is 30.5 Å². The van der Waals surface area contributed by atoms with E-state index in [0.29, 0.717) is 13.2 Å². The minimum Gasteiger partial charge on any atom is -0.378 e. The van der Waals surface area contributed by atoms with E-state index in [9.17, 15) is 4.79 Å². The van der Waals surface area contributed by atoms with Gasteiger partial charge in [0.1, 0.15) is 0 Å². The van der Waals surface area contributed by atoms with Crippen LogP contribution in [0, 0.1) is 12.8 Å². The van der Waals surface area contributed by atoms with Crippen LogP contribution in [0.25, 0.3) is 0 Å². The van der Waals surface area contributed by atoms with Crippen molar-refractivity contribution in [1.82, 2.24) is 0 Å². The molecule has 0 radical (unpaired) electrons. The fourth-order valence-electron chi connectivity index (χ4n) is 2.79. The van der Waals surface area contributed by atoms with E-state index in [1.54, 1.807) is 0 Å². The van der Waals surface area contributed by atoms with Crippen LogP contribution in [0.3, 0.4) is 0 Å². The second kappa shape index (κ2) is 3.74. The van der Waals surface area contributed by atoms with E-state index in [-0.39, 0.29) is 17.9 Å². The first-order valence-corrected chi connectivity index (χ1v) is 5.89. The first kappa shape index (κ1) is 10.6. The van der Waals surface area contributed by atoms with Gasteiger partial charge in [-0.1, -0.05) is 12.1 Å². The molecule has 2 aliphatic rings. The summed E-state index contributed by atoms with van der Waals surface area (Å²) < 4.78 is 5.44. The number of carbonyl (C=O) groups is 1. The number of nitrogens with one attached hydrogen (secondary N) is 1. The van der Waals surface area contributed by atoms with E-state index in [2.05, 4.69) is 23.2 Å². The summed E-state index contributed by atoms with van der Waals surface area (Å²) in [6.07, 6.45) is 0. The van der Waals surface area contributed by atoms with Crippen LogP contribution in [-0.4, -0.2) is 32.2 Å². The number of ether oxygens (including phenoxy) is 1. The molecule has 2 aliphatic heterocycles. The molecule has 0 aliphatic carbocycles. The van der Waals surface area contributed by atoms with E-state index in [1.165, 1.54) is 5.56 Å². The molecule has 2 unspecified atom stereocenters. The zero-order valence-corrected chi connectivity index (χ0v) is 10.1. The molecule has 4 nitrogen and oxygen atoms in total. The van der Waals surface area contributed by atoms with Crippen molar-refractivity contribution >= 4 is 17.3 Å². The fraction of sp³-hybridized carbons (Fsp3) is 0.462. The number of para-hydroxylation sites is 1. The molecule has 0 aromatic heterocycles. The summed E-state index contributed by atoms with van der Waals surface area (Å²) in [4.78, 5) is 14.3. The molecule has 1 N–H and O–H groups in total. The SMILES string of the molecule is Cc1cccc2c1N(C)C1COCC1C(=O)N2. The van der Waals surface area contributed by atoms with Gasteiger partial charge in [0.2, 0.25) is 5.91 Å². The fourth-order valence-corrected chi connectivity index (χ4v) is 2.79. The van der Waals surface area contributed by atoms with Gasteiger partial charge in [0.05, 0.1) is 36.5 Å². The third-order valence-corrected chi connectivity index (χ3v) is 3.73. The molecule has 1 amide bonds. The maximum absolute atomic E-state index is 12.1. The second-order valence-electron chi connectivity index (χ2n) is 4.78.